The average Bonchev–Trinajstić information content (AvgIpc) is 3.65. The molecule has 0 fully saturated rings. The lowest BCUT2D eigenvalue weighted by Gasteiger charge is -2.22. The summed E-state index contributed by atoms with van der Waals surface area (Å²) >= 11 is 0. The Labute approximate surface area is 324 Å². The number of hydrogen-bond donors (Lipinski definition) is 0. The second kappa shape index (κ2) is 11.4. The first kappa shape index (κ1) is 33.8. The summed E-state index contributed by atoms with van der Waals surface area (Å²) in [5.74, 6) is 1.93. The Kier molecular flexibility index (Phi) is 7.00. The first-order valence-corrected chi connectivity index (χ1v) is 19.6. The van der Waals surface area contributed by atoms with Gasteiger partial charge in [-0.1, -0.05) is 140 Å². The van der Waals surface area contributed by atoms with Gasteiger partial charge in [0.1, 0.15) is 0 Å². The predicted molar refractivity (Wildman–Crippen MR) is 225 cm³/mol. The van der Waals surface area contributed by atoms with E-state index < -0.39 is 0 Å². The van der Waals surface area contributed by atoms with Gasteiger partial charge in [-0.3, -0.25) is 4.98 Å². The van der Waals surface area contributed by atoms with Crippen molar-refractivity contribution in [3.8, 4) is 67.7 Å². The molecular formula is C51H46N4. The predicted octanol–water partition coefficient (Wildman–Crippen LogP) is 12.5. The molecule has 0 saturated heterocycles. The van der Waals surface area contributed by atoms with Gasteiger partial charge in [-0.25, -0.2) is 15.0 Å². The molecule has 0 atom stereocenters. The number of rotatable bonds is 4. The van der Waals surface area contributed by atoms with Crippen molar-refractivity contribution in [2.24, 2.45) is 0 Å². The third-order valence-corrected chi connectivity index (χ3v) is 13.0. The maximum atomic E-state index is 5.23. The number of hydrogen-bond acceptors (Lipinski definition) is 4. The topological polar surface area (TPSA) is 51.6 Å². The van der Waals surface area contributed by atoms with Crippen molar-refractivity contribution in [3.63, 3.8) is 0 Å². The molecule has 0 bridgehead atoms. The second-order valence-electron chi connectivity index (χ2n) is 18.3. The van der Waals surface area contributed by atoms with Crippen LogP contribution in [-0.4, -0.2) is 19.9 Å². The van der Waals surface area contributed by atoms with Crippen LogP contribution in [0.15, 0.2) is 121 Å². The SMILES string of the molecule is CC1(C)CC(C)(C)c2cc(-c3ccc(-c4nc(-c5ccc6c(c5)C(C)(C)c5ccccc5-6)nc(-c5ccc6c(c5)C(C)(C)c5ccccc5-6)n4)cn3)ccc21. The van der Waals surface area contributed by atoms with Crippen LogP contribution in [0.5, 0.6) is 0 Å². The highest BCUT2D eigenvalue weighted by Crippen LogP contribution is 2.52. The number of pyridine rings is 1. The molecule has 0 saturated carbocycles. The quantitative estimate of drug-likeness (QED) is 0.182. The molecule has 3 aliphatic rings. The maximum Gasteiger partial charge on any atom is 0.165 e. The van der Waals surface area contributed by atoms with Gasteiger partial charge >= 0.3 is 0 Å². The van der Waals surface area contributed by atoms with E-state index in [1.165, 1.54) is 55.6 Å². The van der Waals surface area contributed by atoms with Crippen LogP contribution in [0.1, 0.15) is 95.2 Å². The number of benzene rings is 5. The molecule has 0 N–H and O–H groups in total. The summed E-state index contributed by atoms with van der Waals surface area (Å²) in [4.78, 5) is 20.6. The summed E-state index contributed by atoms with van der Waals surface area (Å²) in [6.07, 6.45) is 3.06. The van der Waals surface area contributed by atoms with E-state index in [1.807, 2.05) is 6.20 Å². The molecule has 7 aromatic rings. The third kappa shape index (κ3) is 5.03. The Hall–Kier alpha value is -5.74. The molecule has 270 valence electrons. The fraction of sp³-hybridized carbons (Fsp3) is 0.255. The first-order valence-electron chi connectivity index (χ1n) is 19.6. The van der Waals surface area contributed by atoms with Crippen LogP contribution in [0, 0.1) is 0 Å². The van der Waals surface area contributed by atoms with Crippen molar-refractivity contribution < 1.29 is 0 Å². The molecule has 0 spiro atoms. The number of fused-ring (bicyclic) bond motifs is 7. The molecule has 2 aromatic heterocycles. The monoisotopic (exact) mass is 714 g/mol. The fourth-order valence-corrected chi connectivity index (χ4v) is 10.3. The lowest BCUT2D eigenvalue weighted by molar-refractivity contribution is 0.403. The molecule has 0 amide bonds. The molecule has 0 unspecified atom stereocenters. The molecule has 0 radical (unpaired) electrons. The van der Waals surface area contributed by atoms with Crippen LogP contribution in [0.25, 0.3) is 67.7 Å². The normalized spacial score (nSPS) is 17.2. The molecule has 2 heterocycles. The third-order valence-electron chi connectivity index (χ3n) is 13.0. The van der Waals surface area contributed by atoms with Gasteiger partial charge in [0.2, 0.25) is 0 Å². The zero-order valence-corrected chi connectivity index (χ0v) is 33.0. The molecule has 0 aliphatic heterocycles. The maximum absolute atomic E-state index is 5.23. The van der Waals surface area contributed by atoms with Crippen LogP contribution in [0.3, 0.4) is 0 Å². The lowest BCUT2D eigenvalue weighted by Crippen LogP contribution is -2.17. The number of nitrogens with zero attached hydrogens (tertiary/aromatic N) is 4. The van der Waals surface area contributed by atoms with E-state index >= 15 is 0 Å². The molecule has 55 heavy (non-hydrogen) atoms. The Morgan fingerprint density at radius 2 is 0.818 bits per heavy atom. The second-order valence-corrected chi connectivity index (χ2v) is 18.3. The van der Waals surface area contributed by atoms with E-state index in [-0.39, 0.29) is 21.7 Å². The minimum Gasteiger partial charge on any atom is -0.255 e. The van der Waals surface area contributed by atoms with Gasteiger partial charge in [0.05, 0.1) is 5.69 Å². The van der Waals surface area contributed by atoms with Crippen LogP contribution < -0.4 is 0 Å². The summed E-state index contributed by atoms with van der Waals surface area (Å²) in [6.45, 7) is 18.7. The summed E-state index contributed by atoms with van der Waals surface area (Å²) in [6, 6.07) is 42.0. The van der Waals surface area contributed by atoms with Gasteiger partial charge in [-0.05, 0) is 103 Å². The molecule has 4 heteroatoms. The Bertz CT molecular complexity index is 2610. The van der Waals surface area contributed by atoms with Crippen LogP contribution in [0.2, 0.25) is 0 Å². The minimum absolute atomic E-state index is 0.123. The molecular weight excluding hydrogens is 669 g/mol. The van der Waals surface area contributed by atoms with Crippen LogP contribution in [0.4, 0.5) is 0 Å². The lowest BCUT2D eigenvalue weighted by atomic mass is 9.82. The standard InChI is InChI=1S/C51H46N4/c1-48(2)29-49(3,4)43-25-30(19-23-40(43)48)44-24-20-33(28-52-44)47-54-45(31-17-21-36-34-13-9-11-15-38(34)50(5,6)41(36)26-31)53-46(55-47)32-18-22-37-35-14-10-12-16-39(35)51(7,8)42(37)27-32/h9-28H,29H2,1-8H3. The van der Waals surface area contributed by atoms with Crippen molar-refractivity contribution in [2.75, 3.05) is 0 Å². The smallest absolute Gasteiger partial charge is 0.165 e. The zero-order valence-electron chi connectivity index (χ0n) is 33.0. The number of aromatic nitrogens is 4. The highest BCUT2D eigenvalue weighted by Gasteiger charge is 2.42. The average molecular weight is 715 g/mol. The Morgan fingerprint density at radius 1 is 0.382 bits per heavy atom. The summed E-state index contributed by atoms with van der Waals surface area (Å²) in [7, 11) is 0. The van der Waals surface area contributed by atoms with Crippen LogP contribution >= 0.6 is 0 Å². The van der Waals surface area contributed by atoms with Gasteiger partial charge in [-0.15, -0.1) is 0 Å². The molecule has 3 aliphatic carbocycles. The largest absolute Gasteiger partial charge is 0.255 e. The molecule has 5 aromatic carbocycles. The summed E-state index contributed by atoms with van der Waals surface area (Å²) in [5.41, 5.74) is 18.2. The minimum atomic E-state index is -0.135. The van der Waals surface area contributed by atoms with Gasteiger partial charge < -0.3 is 0 Å². The fourth-order valence-electron chi connectivity index (χ4n) is 10.3. The van der Waals surface area contributed by atoms with Crippen molar-refractivity contribution in [2.45, 2.75) is 83.5 Å². The Morgan fingerprint density at radius 3 is 1.35 bits per heavy atom. The van der Waals surface area contributed by atoms with E-state index in [0.29, 0.717) is 17.5 Å². The van der Waals surface area contributed by atoms with E-state index in [9.17, 15) is 0 Å². The van der Waals surface area contributed by atoms with E-state index in [2.05, 4.69) is 171 Å². The van der Waals surface area contributed by atoms with E-state index in [4.69, 9.17) is 19.9 Å². The van der Waals surface area contributed by atoms with Crippen molar-refractivity contribution in [1.29, 1.82) is 0 Å². The first-order chi connectivity index (χ1) is 26.2. The molecule has 10 rings (SSSR count). The molecule has 4 nitrogen and oxygen atoms in total. The van der Waals surface area contributed by atoms with Gasteiger partial charge in [0.25, 0.3) is 0 Å². The van der Waals surface area contributed by atoms with Gasteiger partial charge in [-0.2, -0.15) is 0 Å². The van der Waals surface area contributed by atoms with E-state index in [0.717, 1.165) is 34.4 Å². The van der Waals surface area contributed by atoms with Crippen molar-refractivity contribution in [3.05, 3.63) is 155 Å². The Balaban J connectivity index is 1.09. The van der Waals surface area contributed by atoms with Gasteiger partial charge in [0.15, 0.2) is 17.5 Å². The summed E-state index contributed by atoms with van der Waals surface area (Å²) in [5, 5.41) is 0. The zero-order chi connectivity index (χ0) is 38.1. The van der Waals surface area contributed by atoms with Gasteiger partial charge in [0, 0.05) is 39.3 Å². The highest BCUT2D eigenvalue weighted by molar-refractivity contribution is 5.85. The summed E-state index contributed by atoms with van der Waals surface area (Å²) < 4.78 is 0. The van der Waals surface area contributed by atoms with Crippen molar-refractivity contribution >= 4 is 0 Å². The van der Waals surface area contributed by atoms with Crippen LogP contribution in [-0.2, 0) is 21.7 Å². The van der Waals surface area contributed by atoms with Crippen molar-refractivity contribution in [1.82, 2.24) is 19.9 Å². The highest BCUT2D eigenvalue weighted by atomic mass is 15.0. The van der Waals surface area contributed by atoms with E-state index in [1.54, 1.807) is 0 Å².